The number of ether oxygens (including phenoxy) is 2. The normalized spacial score (nSPS) is 14.9. The van der Waals surface area contributed by atoms with E-state index in [2.05, 4.69) is 25.7 Å². The van der Waals surface area contributed by atoms with Crippen LogP contribution >= 0.6 is 24.0 Å². The van der Waals surface area contributed by atoms with E-state index in [9.17, 15) is 18.0 Å². The Morgan fingerprint density at radius 2 is 1.90 bits per heavy atom. The first-order valence-electron chi connectivity index (χ1n) is 9.47. The van der Waals surface area contributed by atoms with E-state index in [-0.39, 0.29) is 35.8 Å². The lowest BCUT2D eigenvalue weighted by Gasteiger charge is -2.20. The third kappa shape index (κ3) is 10.2. The predicted molar refractivity (Wildman–Crippen MR) is 118 cm³/mol. The number of alkyl halides is 3. The average Bonchev–Trinajstić information content (AvgIpc) is 3.51. The van der Waals surface area contributed by atoms with E-state index in [4.69, 9.17) is 4.74 Å². The summed E-state index contributed by atoms with van der Waals surface area (Å²) < 4.78 is 46.2. The standard InChI is InChI=1S/C19H27F3N4O3.HI/c1-3-28-18(27)26-16(14-6-7-14)11-25-17(23-2)24-10-13-4-8-15(9-5-13)29-12-19(20,21)22;/h4-5,8-9,14,16H,3,6-7,10-12H2,1-2H3,(H,26,27)(H2,23,24,25);1H. The first-order valence-corrected chi connectivity index (χ1v) is 9.47. The van der Waals surface area contributed by atoms with Crippen molar-refractivity contribution < 1.29 is 27.4 Å². The van der Waals surface area contributed by atoms with Crippen molar-refractivity contribution in [2.24, 2.45) is 10.9 Å². The smallest absolute Gasteiger partial charge is 0.422 e. The highest BCUT2D eigenvalue weighted by molar-refractivity contribution is 14.0. The van der Waals surface area contributed by atoms with E-state index in [0.29, 0.717) is 31.6 Å². The van der Waals surface area contributed by atoms with Crippen molar-refractivity contribution in [1.82, 2.24) is 16.0 Å². The van der Waals surface area contributed by atoms with Gasteiger partial charge < -0.3 is 25.4 Å². The molecule has 1 aliphatic carbocycles. The average molecular weight is 544 g/mol. The van der Waals surface area contributed by atoms with Gasteiger partial charge in [0.25, 0.3) is 0 Å². The topological polar surface area (TPSA) is 84.0 Å². The summed E-state index contributed by atoms with van der Waals surface area (Å²) in [6.07, 6.45) is -2.66. The SMILES string of the molecule is CCOC(=O)NC(CNC(=NC)NCc1ccc(OCC(F)(F)F)cc1)C1CC1.I. The van der Waals surface area contributed by atoms with E-state index in [1.807, 2.05) is 0 Å². The van der Waals surface area contributed by atoms with Crippen LogP contribution in [0.3, 0.4) is 0 Å². The predicted octanol–water partition coefficient (Wildman–Crippen LogP) is 3.44. The minimum atomic E-state index is -4.36. The summed E-state index contributed by atoms with van der Waals surface area (Å²) >= 11 is 0. The first-order chi connectivity index (χ1) is 13.8. The number of guanidine groups is 1. The van der Waals surface area contributed by atoms with Crippen molar-refractivity contribution in [1.29, 1.82) is 0 Å². The molecule has 1 atom stereocenters. The number of amides is 1. The summed E-state index contributed by atoms with van der Waals surface area (Å²) in [6, 6.07) is 6.30. The van der Waals surface area contributed by atoms with Gasteiger partial charge in [-0.3, -0.25) is 4.99 Å². The van der Waals surface area contributed by atoms with Gasteiger partial charge in [-0.25, -0.2) is 4.79 Å². The lowest BCUT2D eigenvalue weighted by molar-refractivity contribution is -0.153. The van der Waals surface area contributed by atoms with Crippen LogP contribution in [0.1, 0.15) is 25.3 Å². The maximum atomic E-state index is 12.2. The van der Waals surface area contributed by atoms with Gasteiger partial charge in [-0.1, -0.05) is 12.1 Å². The lowest BCUT2D eigenvalue weighted by atomic mass is 10.2. The van der Waals surface area contributed by atoms with Crippen LogP contribution in [0.15, 0.2) is 29.3 Å². The molecule has 1 saturated carbocycles. The number of benzene rings is 1. The summed E-state index contributed by atoms with van der Waals surface area (Å²) in [4.78, 5) is 15.8. The van der Waals surface area contributed by atoms with Crippen molar-refractivity contribution in [3.63, 3.8) is 0 Å². The molecule has 0 radical (unpaired) electrons. The van der Waals surface area contributed by atoms with E-state index < -0.39 is 18.9 Å². The largest absolute Gasteiger partial charge is 0.484 e. The molecule has 0 aromatic heterocycles. The minimum Gasteiger partial charge on any atom is -0.484 e. The van der Waals surface area contributed by atoms with Gasteiger partial charge in [0, 0.05) is 20.1 Å². The van der Waals surface area contributed by atoms with Gasteiger partial charge in [-0.05, 0) is 43.4 Å². The van der Waals surface area contributed by atoms with Crippen LogP contribution in [0, 0.1) is 5.92 Å². The number of carbonyl (C=O) groups excluding carboxylic acids is 1. The number of nitrogens with zero attached hydrogens (tertiary/aromatic N) is 1. The van der Waals surface area contributed by atoms with Crippen LogP contribution in [0.5, 0.6) is 5.75 Å². The lowest BCUT2D eigenvalue weighted by Crippen LogP contribution is -2.48. The van der Waals surface area contributed by atoms with Crippen LogP contribution in [0.2, 0.25) is 0 Å². The van der Waals surface area contributed by atoms with Crippen LogP contribution in [0.4, 0.5) is 18.0 Å². The molecule has 1 amide bonds. The monoisotopic (exact) mass is 544 g/mol. The van der Waals surface area contributed by atoms with Crippen molar-refractivity contribution in [3.05, 3.63) is 29.8 Å². The molecule has 1 aliphatic rings. The van der Waals surface area contributed by atoms with Crippen LogP contribution in [-0.2, 0) is 11.3 Å². The second-order valence-corrected chi connectivity index (χ2v) is 6.66. The molecule has 30 heavy (non-hydrogen) atoms. The number of alkyl carbamates (subject to hydrolysis) is 1. The number of nitrogens with one attached hydrogen (secondary N) is 3. The van der Waals surface area contributed by atoms with Crippen LogP contribution in [-0.4, -0.2) is 51.1 Å². The van der Waals surface area contributed by atoms with Gasteiger partial charge in [0.1, 0.15) is 5.75 Å². The van der Waals surface area contributed by atoms with E-state index in [0.717, 1.165) is 18.4 Å². The van der Waals surface area contributed by atoms with Gasteiger partial charge in [-0.15, -0.1) is 24.0 Å². The Morgan fingerprint density at radius 1 is 1.23 bits per heavy atom. The third-order valence-corrected chi connectivity index (χ3v) is 4.27. The molecule has 7 nitrogen and oxygen atoms in total. The fraction of sp³-hybridized carbons (Fsp3) is 0.579. The fourth-order valence-electron chi connectivity index (χ4n) is 2.64. The molecular weight excluding hydrogens is 516 g/mol. The van der Waals surface area contributed by atoms with E-state index in [1.54, 1.807) is 26.1 Å². The molecular formula is C19H28F3IN4O3. The summed E-state index contributed by atoms with van der Waals surface area (Å²) in [6.45, 7) is 1.69. The van der Waals surface area contributed by atoms with Gasteiger partial charge in [0.15, 0.2) is 12.6 Å². The Labute approximate surface area is 191 Å². The van der Waals surface area contributed by atoms with Gasteiger partial charge >= 0.3 is 12.3 Å². The summed E-state index contributed by atoms with van der Waals surface area (Å²) in [5.74, 6) is 1.14. The first kappa shape index (κ1) is 26.1. The van der Waals surface area contributed by atoms with Gasteiger partial charge in [0.2, 0.25) is 0 Å². The zero-order valence-electron chi connectivity index (χ0n) is 16.9. The summed E-state index contributed by atoms with van der Waals surface area (Å²) in [5.41, 5.74) is 0.857. The highest BCUT2D eigenvalue weighted by atomic mass is 127. The number of aliphatic imine (C=N–C) groups is 1. The molecule has 0 heterocycles. The zero-order chi connectivity index (χ0) is 21.3. The molecule has 3 N–H and O–H groups in total. The Balaban J connectivity index is 0.00000450. The highest BCUT2D eigenvalue weighted by Gasteiger charge is 2.32. The summed E-state index contributed by atoms with van der Waals surface area (Å²) in [7, 11) is 1.63. The maximum absolute atomic E-state index is 12.2. The molecule has 0 bridgehead atoms. The minimum absolute atomic E-state index is 0. The Morgan fingerprint density at radius 3 is 2.43 bits per heavy atom. The van der Waals surface area contributed by atoms with E-state index >= 15 is 0 Å². The van der Waals surface area contributed by atoms with Crippen molar-refractivity contribution in [3.8, 4) is 5.75 Å². The number of hydrogen-bond donors (Lipinski definition) is 3. The maximum Gasteiger partial charge on any atom is 0.422 e. The Hall–Kier alpha value is -1.92. The number of rotatable bonds is 9. The molecule has 1 unspecified atom stereocenters. The molecule has 2 rings (SSSR count). The second-order valence-electron chi connectivity index (χ2n) is 6.66. The van der Waals surface area contributed by atoms with Crippen LogP contribution in [0.25, 0.3) is 0 Å². The van der Waals surface area contributed by atoms with Gasteiger partial charge in [-0.2, -0.15) is 13.2 Å². The number of halogens is 4. The molecule has 0 spiro atoms. The van der Waals surface area contributed by atoms with Crippen LogP contribution < -0.4 is 20.7 Å². The Kier molecular flexibility index (Phi) is 11.1. The highest BCUT2D eigenvalue weighted by Crippen LogP contribution is 2.32. The molecule has 1 aromatic carbocycles. The molecule has 1 fully saturated rings. The van der Waals surface area contributed by atoms with Crippen molar-refractivity contribution in [2.45, 2.75) is 38.5 Å². The quantitative estimate of drug-likeness (QED) is 0.252. The Bertz CT molecular complexity index is 683. The summed E-state index contributed by atoms with van der Waals surface area (Å²) in [5, 5.41) is 9.17. The second kappa shape index (κ2) is 12.7. The van der Waals surface area contributed by atoms with Crippen molar-refractivity contribution >= 4 is 36.0 Å². The molecule has 170 valence electrons. The molecule has 0 aliphatic heterocycles. The van der Waals surface area contributed by atoms with Gasteiger partial charge in [0.05, 0.1) is 12.6 Å². The number of carbonyl (C=O) groups is 1. The fourth-order valence-corrected chi connectivity index (χ4v) is 2.64. The van der Waals surface area contributed by atoms with E-state index in [1.165, 1.54) is 12.1 Å². The zero-order valence-corrected chi connectivity index (χ0v) is 19.3. The third-order valence-electron chi connectivity index (χ3n) is 4.27. The van der Waals surface area contributed by atoms with Crippen molar-refractivity contribution in [2.75, 3.05) is 26.8 Å². The molecule has 0 saturated heterocycles. The molecule has 1 aromatic rings. The number of hydrogen-bond acceptors (Lipinski definition) is 4. The molecule has 11 heteroatoms.